The summed E-state index contributed by atoms with van der Waals surface area (Å²) in [5.41, 5.74) is 0.961. The molecular weight excluding hydrogens is 160 g/mol. The minimum atomic E-state index is 0.366. The highest BCUT2D eigenvalue weighted by Gasteiger charge is 1.94. The summed E-state index contributed by atoms with van der Waals surface area (Å²) in [6.07, 6.45) is 7.59. The maximum Gasteiger partial charge on any atom is 0.119 e. The molecule has 0 aliphatic rings. The van der Waals surface area contributed by atoms with Crippen molar-refractivity contribution in [2.45, 2.75) is 12.8 Å². The first kappa shape index (κ1) is 9.59. The molecule has 0 saturated carbocycles. The van der Waals surface area contributed by atoms with E-state index >= 15 is 0 Å². The van der Waals surface area contributed by atoms with Crippen molar-refractivity contribution in [3.63, 3.8) is 0 Å². The van der Waals surface area contributed by atoms with E-state index in [0.29, 0.717) is 5.75 Å². The molecule has 0 radical (unpaired) electrons. The van der Waals surface area contributed by atoms with Gasteiger partial charge in [0, 0.05) is 0 Å². The number of para-hydroxylation sites is 1. The number of phenols is 1. The first-order valence-corrected chi connectivity index (χ1v) is 4.37. The molecule has 0 aliphatic heterocycles. The van der Waals surface area contributed by atoms with Gasteiger partial charge in [0.25, 0.3) is 0 Å². The molecule has 0 bridgehead atoms. The van der Waals surface area contributed by atoms with Crippen LogP contribution in [-0.4, -0.2) is 5.11 Å². The van der Waals surface area contributed by atoms with Crippen LogP contribution in [0.2, 0.25) is 0 Å². The molecule has 13 heavy (non-hydrogen) atoms. The van der Waals surface area contributed by atoms with Crippen molar-refractivity contribution in [1.82, 2.24) is 0 Å². The fourth-order valence-electron chi connectivity index (χ4n) is 1.09. The van der Waals surface area contributed by atoms with Gasteiger partial charge in [0.05, 0.1) is 0 Å². The van der Waals surface area contributed by atoms with Crippen molar-refractivity contribution < 1.29 is 5.11 Å². The Kier molecular flexibility index (Phi) is 3.83. The molecule has 1 nitrogen and oxygen atoms in total. The Morgan fingerprint density at radius 3 is 2.69 bits per heavy atom. The van der Waals surface area contributed by atoms with Gasteiger partial charge in [-0.2, -0.15) is 0 Å². The van der Waals surface area contributed by atoms with Gasteiger partial charge in [-0.05, 0) is 24.5 Å². The zero-order valence-corrected chi connectivity index (χ0v) is 7.61. The number of allylic oxidation sites excluding steroid dienone is 3. The van der Waals surface area contributed by atoms with Crippen molar-refractivity contribution in [2.24, 2.45) is 0 Å². The van der Waals surface area contributed by atoms with E-state index in [0.717, 1.165) is 18.4 Å². The number of hydrogen-bond acceptors (Lipinski definition) is 1. The molecule has 0 aromatic heterocycles. The van der Waals surface area contributed by atoms with E-state index in [4.69, 9.17) is 0 Å². The van der Waals surface area contributed by atoms with Crippen LogP contribution in [0.1, 0.15) is 12.0 Å². The standard InChI is InChI=1S/C12H14O/c1-2-3-4-5-8-11-9-6-7-10-12(11)13/h2,4-7,9-10,13H,1,3,8H2. The third-order valence-electron chi connectivity index (χ3n) is 1.80. The molecule has 0 fully saturated rings. The van der Waals surface area contributed by atoms with Gasteiger partial charge >= 0.3 is 0 Å². The van der Waals surface area contributed by atoms with Crippen LogP contribution in [0.25, 0.3) is 0 Å². The quantitative estimate of drug-likeness (QED) is 0.695. The van der Waals surface area contributed by atoms with Gasteiger partial charge in [-0.15, -0.1) is 6.58 Å². The van der Waals surface area contributed by atoms with Crippen LogP contribution in [0.4, 0.5) is 0 Å². The molecule has 68 valence electrons. The van der Waals surface area contributed by atoms with Crippen molar-refractivity contribution in [1.29, 1.82) is 0 Å². The fraction of sp³-hybridized carbons (Fsp3) is 0.167. The van der Waals surface area contributed by atoms with Crippen molar-refractivity contribution >= 4 is 0 Å². The summed E-state index contributed by atoms with van der Waals surface area (Å²) in [5.74, 6) is 0.366. The summed E-state index contributed by atoms with van der Waals surface area (Å²) in [7, 11) is 0. The Bertz CT molecular complexity index is 300. The van der Waals surface area contributed by atoms with Gasteiger partial charge in [0.2, 0.25) is 0 Å². The lowest BCUT2D eigenvalue weighted by Gasteiger charge is -1.98. The lowest BCUT2D eigenvalue weighted by Crippen LogP contribution is -1.80. The molecule has 0 aliphatic carbocycles. The second kappa shape index (κ2) is 5.20. The monoisotopic (exact) mass is 174 g/mol. The van der Waals surface area contributed by atoms with Crippen LogP contribution in [-0.2, 0) is 6.42 Å². The Morgan fingerprint density at radius 2 is 2.00 bits per heavy atom. The molecule has 1 aromatic carbocycles. The third kappa shape index (κ3) is 3.16. The van der Waals surface area contributed by atoms with Crippen molar-refractivity contribution in [2.75, 3.05) is 0 Å². The molecule has 0 atom stereocenters. The lowest BCUT2D eigenvalue weighted by molar-refractivity contribution is 0.469. The van der Waals surface area contributed by atoms with Crippen LogP contribution >= 0.6 is 0 Å². The molecule has 0 unspecified atom stereocenters. The zero-order chi connectivity index (χ0) is 9.52. The number of rotatable bonds is 4. The number of hydrogen-bond donors (Lipinski definition) is 1. The van der Waals surface area contributed by atoms with Crippen molar-refractivity contribution in [3.05, 3.63) is 54.6 Å². The van der Waals surface area contributed by atoms with Crippen LogP contribution in [0.5, 0.6) is 5.75 Å². The zero-order valence-electron chi connectivity index (χ0n) is 7.61. The molecule has 1 aromatic rings. The summed E-state index contributed by atoms with van der Waals surface area (Å²) in [4.78, 5) is 0. The fourth-order valence-corrected chi connectivity index (χ4v) is 1.09. The molecular formula is C12H14O. The van der Waals surface area contributed by atoms with E-state index < -0.39 is 0 Å². The van der Waals surface area contributed by atoms with Crippen LogP contribution in [0.3, 0.4) is 0 Å². The molecule has 0 spiro atoms. The number of phenolic OH excluding ortho intramolecular Hbond substituents is 1. The first-order chi connectivity index (χ1) is 6.34. The van der Waals surface area contributed by atoms with Gasteiger partial charge in [0.15, 0.2) is 0 Å². The van der Waals surface area contributed by atoms with E-state index in [1.165, 1.54) is 0 Å². The van der Waals surface area contributed by atoms with Crippen LogP contribution in [0, 0.1) is 0 Å². The predicted octanol–water partition coefficient (Wildman–Crippen LogP) is 3.07. The summed E-state index contributed by atoms with van der Waals surface area (Å²) in [6.45, 7) is 3.62. The topological polar surface area (TPSA) is 20.2 Å². The summed E-state index contributed by atoms with van der Waals surface area (Å²) >= 11 is 0. The Hall–Kier alpha value is -1.50. The average molecular weight is 174 g/mol. The molecule has 1 heteroatoms. The van der Waals surface area contributed by atoms with Crippen LogP contribution in [0.15, 0.2) is 49.1 Å². The average Bonchev–Trinajstić information content (AvgIpc) is 2.15. The smallest absolute Gasteiger partial charge is 0.119 e. The van der Waals surface area contributed by atoms with Gasteiger partial charge < -0.3 is 5.11 Å². The largest absolute Gasteiger partial charge is 0.508 e. The Balaban J connectivity index is 2.54. The highest BCUT2D eigenvalue weighted by Crippen LogP contribution is 2.16. The Morgan fingerprint density at radius 1 is 1.23 bits per heavy atom. The van der Waals surface area contributed by atoms with Crippen LogP contribution < -0.4 is 0 Å². The lowest BCUT2D eigenvalue weighted by atomic mass is 10.1. The normalized spacial score (nSPS) is 10.5. The Labute approximate surface area is 79.0 Å². The highest BCUT2D eigenvalue weighted by molar-refractivity contribution is 5.33. The molecule has 1 N–H and O–H groups in total. The molecule has 0 amide bonds. The van der Waals surface area contributed by atoms with E-state index in [-0.39, 0.29) is 0 Å². The second-order valence-corrected chi connectivity index (χ2v) is 2.83. The molecule has 0 saturated heterocycles. The minimum Gasteiger partial charge on any atom is -0.508 e. The minimum absolute atomic E-state index is 0.366. The van der Waals surface area contributed by atoms with E-state index in [1.807, 2.05) is 36.4 Å². The third-order valence-corrected chi connectivity index (χ3v) is 1.80. The summed E-state index contributed by atoms with van der Waals surface area (Å²) in [6, 6.07) is 7.38. The highest BCUT2D eigenvalue weighted by atomic mass is 16.3. The van der Waals surface area contributed by atoms with E-state index in [2.05, 4.69) is 6.58 Å². The second-order valence-electron chi connectivity index (χ2n) is 2.83. The van der Waals surface area contributed by atoms with Gasteiger partial charge in [-0.25, -0.2) is 0 Å². The van der Waals surface area contributed by atoms with Gasteiger partial charge in [0.1, 0.15) is 5.75 Å². The maximum absolute atomic E-state index is 9.41. The van der Waals surface area contributed by atoms with Gasteiger partial charge in [-0.1, -0.05) is 36.4 Å². The SMILES string of the molecule is C=CCC=CCc1ccccc1O. The summed E-state index contributed by atoms with van der Waals surface area (Å²) < 4.78 is 0. The summed E-state index contributed by atoms with van der Waals surface area (Å²) in [5, 5.41) is 9.41. The van der Waals surface area contributed by atoms with Gasteiger partial charge in [-0.3, -0.25) is 0 Å². The number of benzene rings is 1. The van der Waals surface area contributed by atoms with E-state index in [1.54, 1.807) is 6.07 Å². The number of aromatic hydroxyl groups is 1. The van der Waals surface area contributed by atoms with E-state index in [9.17, 15) is 5.11 Å². The maximum atomic E-state index is 9.41. The first-order valence-electron chi connectivity index (χ1n) is 4.37. The molecule has 0 heterocycles. The predicted molar refractivity (Wildman–Crippen MR) is 55.8 cm³/mol. The van der Waals surface area contributed by atoms with Crippen molar-refractivity contribution in [3.8, 4) is 5.75 Å². The molecule has 1 rings (SSSR count).